The second kappa shape index (κ2) is 4.52. The van der Waals surface area contributed by atoms with E-state index >= 15 is 0 Å². The second-order valence-electron chi connectivity index (χ2n) is 5.16. The Hall–Kier alpha value is -1.13. The van der Waals surface area contributed by atoms with Gasteiger partial charge < -0.3 is 15.2 Å². The van der Waals surface area contributed by atoms with Crippen LogP contribution in [0.2, 0.25) is 0 Å². The van der Waals surface area contributed by atoms with Crippen LogP contribution in [0.5, 0.6) is 5.75 Å². The zero-order valence-corrected chi connectivity index (χ0v) is 10.4. The van der Waals surface area contributed by atoms with E-state index in [1.807, 2.05) is 0 Å². The summed E-state index contributed by atoms with van der Waals surface area (Å²) in [6, 6.07) is 4.83. The molecule has 2 heterocycles. The summed E-state index contributed by atoms with van der Waals surface area (Å²) in [4.78, 5) is 0. The molecule has 0 saturated carbocycles. The Bertz CT molecular complexity index is 451. The molecular formula is C14H18FNO2. The van der Waals surface area contributed by atoms with Crippen LogP contribution >= 0.6 is 0 Å². The molecule has 2 saturated heterocycles. The molecule has 0 spiro atoms. The molecule has 0 radical (unpaired) electrons. The largest absolute Gasteiger partial charge is 0.494 e. The smallest absolute Gasteiger partial charge is 0.169 e. The first-order chi connectivity index (χ1) is 8.70. The SMILES string of the molecule is COc1cccc(C(N)C2CC3CCC2O3)c1F. The monoisotopic (exact) mass is 251 g/mol. The van der Waals surface area contributed by atoms with Crippen molar-refractivity contribution in [2.45, 2.75) is 37.5 Å². The Morgan fingerprint density at radius 2 is 2.28 bits per heavy atom. The number of hydrogen-bond donors (Lipinski definition) is 1. The van der Waals surface area contributed by atoms with E-state index in [4.69, 9.17) is 15.2 Å². The quantitative estimate of drug-likeness (QED) is 0.897. The van der Waals surface area contributed by atoms with Crippen LogP contribution in [-0.4, -0.2) is 19.3 Å². The molecule has 2 aliphatic heterocycles. The zero-order valence-electron chi connectivity index (χ0n) is 10.4. The van der Waals surface area contributed by atoms with Gasteiger partial charge in [-0.25, -0.2) is 4.39 Å². The third-order valence-corrected chi connectivity index (χ3v) is 4.19. The Kier molecular flexibility index (Phi) is 2.99. The van der Waals surface area contributed by atoms with Crippen LogP contribution in [0.3, 0.4) is 0 Å². The van der Waals surface area contributed by atoms with E-state index in [-0.39, 0.29) is 29.6 Å². The van der Waals surface area contributed by atoms with Crippen molar-refractivity contribution in [3.63, 3.8) is 0 Å². The van der Waals surface area contributed by atoms with E-state index in [0.29, 0.717) is 11.7 Å². The molecule has 1 aromatic rings. The number of methoxy groups -OCH3 is 1. The molecule has 0 amide bonds. The van der Waals surface area contributed by atoms with Gasteiger partial charge in [0.2, 0.25) is 0 Å². The number of benzene rings is 1. The predicted octanol–water partition coefficient (Wildman–Crippen LogP) is 2.40. The Balaban J connectivity index is 1.86. The normalized spacial score (nSPS) is 31.6. The van der Waals surface area contributed by atoms with Crippen LogP contribution in [0, 0.1) is 11.7 Å². The minimum Gasteiger partial charge on any atom is -0.494 e. The Morgan fingerprint density at radius 3 is 2.89 bits per heavy atom. The van der Waals surface area contributed by atoms with E-state index in [0.717, 1.165) is 19.3 Å². The van der Waals surface area contributed by atoms with Gasteiger partial charge in [-0.1, -0.05) is 12.1 Å². The molecular weight excluding hydrogens is 233 g/mol. The van der Waals surface area contributed by atoms with Gasteiger partial charge in [0.05, 0.1) is 19.3 Å². The standard InChI is InChI=1S/C14H18FNO2/c1-17-12-4-2-3-9(13(12)15)14(16)10-7-8-5-6-11(10)18-8/h2-4,8,10-11,14H,5-7,16H2,1H3. The van der Waals surface area contributed by atoms with Crippen molar-refractivity contribution in [1.82, 2.24) is 0 Å². The Morgan fingerprint density at radius 1 is 1.44 bits per heavy atom. The van der Waals surface area contributed by atoms with Gasteiger partial charge in [0.15, 0.2) is 11.6 Å². The van der Waals surface area contributed by atoms with Crippen LogP contribution in [0.25, 0.3) is 0 Å². The van der Waals surface area contributed by atoms with Crippen molar-refractivity contribution in [1.29, 1.82) is 0 Å². The molecule has 4 heteroatoms. The first-order valence-electron chi connectivity index (χ1n) is 6.44. The van der Waals surface area contributed by atoms with Crippen molar-refractivity contribution in [2.75, 3.05) is 7.11 Å². The lowest BCUT2D eigenvalue weighted by Gasteiger charge is -2.26. The zero-order chi connectivity index (χ0) is 12.7. The molecule has 0 aromatic heterocycles. The van der Waals surface area contributed by atoms with E-state index in [1.165, 1.54) is 7.11 Å². The summed E-state index contributed by atoms with van der Waals surface area (Å²) in [5, 5.41) is 0. The van der Waals surface area contributed by atoms with Crippen molar-refractivity contribution < 1.29 is 13.9 Å². The number of hydrogen-bond acceptors (Lipinski definition) is 3. The maximum absolute atomic E-state index is 14.2. The van der Waals surface area contributed by atoms with Crippen molar-refractivity contribution in [3.05, 3.63) is 29.6 Å². The van der Waals surface area contributed by atoms with Crippen molar-refractivity contribution in [2.24, 2.45) is 11.7 Å². The summed E-state index contributed by atoms with van der Waals surface area (Å²) < 4.78 is 25.0. The number of halogens is 1. The molecule has 0 aliphatic carbocycles. The topological polar surface area (TPSA) is 44.5 Å². The first-order valence-corrected chi connectivity index (χ1v) is 6.44. The van der Waals surface area contributed by atoms with Gasteiger partial charge in [-0.3, -0.25) is 0 Å². The number of ether oxygens (including phenoxy) is 2. The van der Waals surface area contributed by atoms with E-state index in [9.17, 15) is 4.39 Å². The summed E-state index contributed by atoms with van der Waals surface area (Å²) in [6.07, 6.45) is 3.65. The number of rotatable bonds is 3. The highest BCUT2D eigenvalue weighted by Crippen LogP contribution is 2.44. The number of nitrogens with two attached hydrogens (primary N) is 1. The minimum absolute atomic E-state index is 0.204. The molecule has 2 bridgehead atoms. The highest BCUT2D eigenvalue weighted by Gasteiger charge is 2.44. The third kappa shape index (κ3) is 1.80. The molecule has 18 heavy (non-hydrogen) atoms. The van der Waals surface area contributed by atoms with Crippen LogP contribution in [0.4, 0.5) is 4.39 Å². The van der Waals surface area contributed by atoms with Crippen LogP contribution in [0.1, 0.15) is 30.9 Å². The summed E-state index contributed by atoms with van der Waals surface area (Å²) in [5.41, 5.74) is 6.77. The highest BCUT2D eigenvalue weighted by atomic mass is 19.1. The van der Waals surface area contributed by atoms with Crippen molar-refractivity contribution >= 4 is 0 Å². The maximum atomic E-state index is 14.2. The molecule has 2 N–H and O–H groups in total. The third-order valence-electron chi connectivity index (χ3n) is 4.19. The summed E-state index contributed by atoms with van der Waals surface area (Å²) >= 11 is 0. The van der Waals surface area contributed by atoms with Gasteiger partial charge in [0, 0.05) is 17.5 Å². The molecule has 4 atom stereocenters. The van der Waals surface area contributed by atoms with E-state index in [1.54, 1.807) is 18.2 Å². The average Bonchev–Trinajstić information content (AvgIpc) is 3.00. The van der Waals surface area contributed by atoms with Crippen molar-refractivity contribution in [3.8, 4) is 5.75 Å². The van der Waals surface area contributed by atoms with Gasteiger partial charge in [-0.2, -0.15) is 0 Å². The fourth-order valence-electron chi connectivity index (χ4n) is 3.23. The van der Waals surface area contributed by atoms with E-state index in [2.05, 4.69) is 0 Å². The average molecular weight is 251 g/mol. The fourth-order valence-corrected chi connectivity index (χ4v) is 3.23. The molecule has 98 valence electrons. The fraction of sp³-hybridized carbons (Fsp3) is 0.571. The molecule has 4 unspecified atom stereocenters. The Labute approximate surface area is 106 Å². The van der Waals surface area contributed by atoms with E-state index < -0.39 is 0 Å². The molecule has 2 fully saturated rings. The summed E-state index contributed by atoms with van der Waals surface area (Å²) in [5.74, 6) is 0.146. The number of fused-ring (bicyclic) bond motifs is 2. The van der Waals surface area contributed by atoms with Gasteiger partial charge in [-0.15, -0.1) is 0 Å². The van der Waals surface area contributed by atoms with Crippen LogP contribution in [-0.2, 0) is 4.74 Å². The lowest BCUT2D eigenvalue weighted by Crippen LogP contribution is -2.30. The second-order valence-corrected chi connectivity index (χ2v) is 5.16. The minimum atomic E-state index is -0.338. The lowest BCUT2D eigenvalue weighted by atomic mass is 9.81. The van der Waals surface area contributed by atoms with Gasteiger partial charge in [0.1, 0.15) is 0 Å². The molecule has 3 rings (SSSR count). The summed E-state index contributed by atoms with van der Waals surface area (Å²) in [6.45, 7) is 0. The lowest BCUT2D eigenvalue weighted by molar-refractivity contribution is 0.0882. The van der Waals surface area contributed by atoms with Crippen LogP contribution < -0.4 is 10.5 Å². The highest BCUT2D eigenvalue weighted by molar-refractivity contribution is 5.33. The van der Waals surface area contributed by atoms with Gasteiger partial charge in [0.25, 0.3) is 0 Å². The molecule has 3 nitrogen and oxygen atoms in total. The van der Waals surface area contributed by atoms with Crippen LogP contribution in [0.15, 0.2) is 18.2 Å². The van der Waals surface area contributed by atoms with Gasteiger partial charge >= 0.3 is 0 Å². The summed E-state index contributed by atoms with van der Waals surface area (Å²) in [7, 11) is 1.47. The molecule has 2 aliphatic rings. The first kappa shape index (κ1) is 11.9. The predicted molar refractivity (Wildman–Crippen MR) is 65.9 cm³/mol. The maximum Gasteiger partial charge on any atom is 0.169 e. The van der Waals surface area contributed by atoms with Gasteiger partial charge in [-0.05, 0) is 25.3 Å². The molecule has 1 aromatic carbocycles.